The van der Waals surface area contributed by atoms with Crippen molar-refractivity contribution in [1.82, 2.24) is 4.57 Å². The lowest BCUT2D eigenvalue weighted by Gasteiger charge is -2.36. The maximum Gasteiger partial charge on any atom is 0.171 e. The number of aromatic nitrogens is 1. The molecule has 15 rings (SSSR count). The first-order valence-electron chi connectivity index (χ1n) is 22.6. The van der Waals surface area contributed by atoms with Gasteiger partial charge in [0.1, 0.15) is 0 Å². The molecule has 0 N–H and O–H groups in total. The highest BCUT2D eigenvalue weighted by Gasteiger charge is 2.60. The quantitative estimate of drug-likeness (QED) is 0.162. The molecule has 10 aromatic carbocycles. The highest BCUT2D eigenvalue weighted by atomic mass is 31.2. The zero-order valence-corrected chi connectivity index (χ0v) is 36.1. The fraction of sp³-hybridized carbons (Fsp3) is 0.0323. The van der Waals surface area contributed by atoms with Crippen LogP contribution >= 0.6 is 7.14 Å². The van der Waals surface area contributed by atoms with Gasteiger partial charge < -0.3 is 9.13 Å². The van der Waals surface area contributed by atoms with Crippen LogP contribution in [-0.2, 0) is 15.4 Å². The zero-order chi connectivity index (χ0) is 42.6. The van der Waals surface area contributed by atoms with Crippen molar-refractivity contribution in [3.8, 4) is 39.1 Å². The lowest BCUT2D eigenvalue weighted by atomic mass is 9.65. The second-order valence-electron chi connectivity index (χ2n) is 18.2. The molecule has 0 amide bonds. The first-order chi connectivity index (χ1) is 32.1. The van der Waals surface area contributed by atoms with E-state index in [1.807, 2.05) is 60.7 Å². The fourth-order valence-electron chi connectivity index (χ4n) is 13.1. The molecule has 4 aliphatic carbocycles. The molecule has 0 aliphatic heterocycles. The van der Waals surface area contributed by atoms with Crippen molar-refractivity contribution in [3.05, 3.63) is 275 Å². The summed E-state index contributed by atoms with van der Waals surface area (Å²) in [6.07, 6.45) is 0. The molecule has 0 radical (unpaired) electrons. The molecule has 1 heterocycles. The van der Waals surface area contributed by atoms with Gasteiger partial charge in [0.05, 0.1) is 21.9 Å². The summed E-state index contributed by atoms with van der Waals surface area (Å²) in [5, 5.41) is 5.00. The Bertz CT molecular complexity index is 3740. The molecule has 0 saturated carbocycles. The number of benzene rings is 10. The summed E-state index contributed by atoms with van der Waals surface area (Å²) in [5.74, 6) is 0. The largest absolute Gasteiger partial charge is 0.309 e. The van der Waals surface area contributed by atoms with E-state index >= 15 is 4.57 Å². The third-order valence-electron chi connectivity index (χ3n) is 15.5. The standard InChI is InChI=1S/C62H38NOP/c64-65(40-17-3-1-4-18-40,41-19-5-2-6-20-41)42-34-36-46-45-35-33-39(63-57-31-13-9-23-47(57)48-24-10-14-32-58(48)63)37-55(45)62(56(46)38-42)53-29-15-27-51-59(53)60-52(28-16-30-54(60)62)61(51)49-25-11-7-21-43(49)44-22-8-12-26-50(44)61/h1-38H. The molecule has 1 aromatic heterocycles. The van der Waals surface area contributed by atoms with E-state index in [9.17, 15) is 0 Å². The van der Waals surface area contributed by atoms with Gasteiger partial charge in [0, 0.05) is 32.4 Å². The summed E-state index contributed by atoms with van der Waals surface area (Å²) in [7, 11) is -3.33. The topological polar surface area (TPSA) is 22.0 Å². The number of nitrogens with zero attached hydrogens (tertiary/aromatic N) is 1. The normalized spacial score (nSPS) is 14.8. The van der Waals surface area contributed by atoms with Crippen molar-refractivity contribution >= 4 is 44.9 Å². The van der Waals surface area contributed by atoms with Gasteiger partial charge in [0.2, 0.25) is 0 Å². The summed E-state index contributed by atoms with van der Waals surface area (Å²) in [6, 6.07) is 84.1. The maximum absolute atomic E-state index is 16.3. The van der Waals surface area contributed by atoms with E-state index in [1.54, 1.807) is 0 Å². The molecule has 2 spiro atoms. The first-order valence-corrected chi connectivity index (χ1v) is 24.3. The number of hydrogen-bond donors (Lipinski definition) is 0. The molecule has 2 nitrogen and oxygen atoms in total. The van der Waals surface area contributed by atoms with Crippen LogP contribution in [0.5, 0.6) is 0 Å². The van der Waals surface area contributed by atoms with E-state index in [0.717, 1.165) is 21.6 Å². The number of para-hydroxylation sites is 2. The molecule has 0 atom stereocenters. The van der Waals surface area contributed by atoms with Crippen molar-refractivity contribution in [1.29, 1.82) is 0 Å². The van der Waals surface area contributed by atoms with Gasteiger partial charge >= 0.3 is 0 Å². The molecule has 0 unspecified atom stereocenters. The minimum atomic E-state index is -3.33. The van der Waals surface area contributed by atoms with E-state index < -0.39 is 18.0 Å². The van der Waals surface area contributed by atoms with E-state index in [4.69, 9.17) is 0 Å². The minimum Gasteiger partial charge on any atom is -0.309 e. The van der Waals surface area contributed by atoms with Crippen LogP contribution in [-0.4, -0.2) is 4.57 Å². The Hall–Kier alpha value is -7.77. The summed E-state index contributed by atoms with van der Waals surface area (Å²) in [4.78, 5) is 0. The van der Waals surface area contributed by atoms with Crippen LogP contribution in [0.3, 0.4) is 0 Å². The van der Waals surface area contributed by atoms with Crippen LogP contribution in [0, 0.1) is 0 Å². The molecule has 65 heavy (non-hydrogen) atoms. The summed E-state index contributed by atoms with van der Waals surface area (Å²) in [5.41, 5.74) is 20.5. The van der Waals surface area contributed by atoms with Gasteiger partial charge in [-0.15, -0.1) is 0 Å². The van der Waals surface area contributed by atoms with Crippen LogP contribution in [0.1, 0.15) is 44.5 Å². The Balaban J connectivity index is 1.07. The second-order valence-corrected chi connectivity index (χ2v) is 20.9. The summed E-state index contributed by atoms with van der Waals surface area (Å²) in [6.45, 7) is 0. The van der Waals surface area contributed by atoms with Gasteiger partial charge in [0.15, 0.2) is 7.14 Å². The number of fused-ring (bicyclic) bond motifs is 17. The molecule has 0 fully saturated rings. The van der Waals surface area contributed by atoms with E-state index in [0.29, 0.717) is 0 Å². The lowest BCUT2D eigenvalue weighted by molar-refractivity contribution is 0.592. The Morgan fingerprint density at radius 2 is 0.708 bits per heavy atom. The zero-order valence-electron chi connectivity index (χ0n) is 35.2. The molecule has 4 aliphatic rings. The van der Waals surface area contributed by atoms with Crippen LogP contribution < -0.4 is 15.9 Å². The van der Waals surface area contributed by atoms with Crippen LogP contribution in [0.2, 0.25) is 0 Å². The highest BCUT2D eigenvalue weighted by molar-refractivity contribution is 7.85. The number of hydrogen-bond acceptors (Lipinski definition) is 1. The Morgan fingerprint density at radius 3 is 1.25 bits per heavy atom. The van der Waals surface area contributed by atoms with Gasteiger partial charge in [-0.2, -0.15) is 0 Å². The van der Waals surface area contributed by atoms with Crippen LogP contribution in [0.4, 0.5) is 0 Å². The Morgan fingerprint density at radius 1 is 0.308 bits per heavy atom. The number of rotatable bonds is 4. The molecule has 0 bridgehead atoms. The van der Waals surface area contributed by atoms with Crippen molar-refractivity contribution in [2.24, 2.45) is 0 Å². The van der Waals surface area contributed by atoms with Crippen LogP contribution in [0.25, 0.3) is 60.9 Å². The first kappa shape index (κ1) is 35.7. The third kappa shape index (κ3) is 4.12. The van der Waals surface area contributed by atoms with Crippen molar-refractivity contribution in [2.45, 2.75) is 10.8 Å². The second kappa shape index (κ2) is 12.5. The SMILES string of the molecule is O=P(c1ccccc1)(c1ccccc1)c1ccc2c(c1)C1(c3cc(-n4c5ccccc5c5ccccc54)ccc3-2)c2cccc3c2-c2c(cccc21)C31c2ccccc2-c2ccccc21. The van der Waals surface area contributed by atoms with Crippen molar-refractivity contribution in [3.63, 3.8) is 0 Å². The summed E-state index contributed by atoms with van der Waals surface area (Å²) >= 11 is 0. The smallest absolute Gasteiger partial charge is 0.171 e. The van der Waals surface area contributed by atoms with Gasteiger partial charge in [0.25, 0.3) is 0 Å². The molecule has 11 aromatic rings. The highest BCUT2D eigenvalue weighted by Crippen LogP contribution is 2.72. The maximum atomic E-state index is 16.3. The van der Waals surface area contributed by atoms with Crippen LogP contribution in [0.15, 0.2) is 231 Å². The predicted octanol–water partition coefficient (Wildman–Crippen LogP) is 13.4. The predicted molar refractivity (Wildman–Crippen MR) is 267 cm³/mol. The summed E-state index contributed by atoms with van der Waals surface area (Å²) < 4.78 is 18.8. The van der Waals surface area contributed by atoms with Gasteiger partial charge in [-0.05, 0) is 108 Å². The molecular formula is C62H38NOP. The van der Waals surface area contributed by atoms with Gasteiger partial charge in [-0.1, -0.05) is 200 Å². The Labute approximate surface area is 377 Å². The molecule has 0 saturated heterocycles. The van der Waals surface area contributed by atoms with Crippen molar-refractivity contribution in [2.75, 3.05) is 0 Å². The monoisotopic (exact) mass is 843 g/mol. The average molecular weight is 844 g/mol. The fourth-order valence-corrected chi connectivity index (χ4v) is 15.8. The third-order valence-corrected chi connectivity index (χ3v) is 18.5. The average Bonchev–Trinajstić information content (AvgIpc) is 4.14. The van der Waals surface area contributed by atoms with Crippen molar-refractivity contribution < 1.29 is 4.57 Å². The van der Waals surface area contributed by atoms with Gasteiger partial charge in [-0.3, -0.25) is 0 Å². The molecular weight excluding hydrogens is 806 g/mol. The lowest BCUT2D eigenvalue weighted by Crippen LogP contribution is -2.32. The Kier molecular flexibility index (Phi) is 6.85. The van der Waals surface area contributed by atoms with E-state index in [2.05, 4.69) is 174 Å². The minimum absolute atomic E-state index is 0.446. The van der Waals surface area contributed by atoms with E-state index in [-0.39, 0.29) is 0 Å². The van der Waals surface area contributed by atoms with Gasteiger partial charge in [-0.25, -0.2) is 0 Å². The molecule has 302 valence electrons. The molecule has 3 heteroatoms. The van der Waals surface area contributed by atoms with E-state index in [1.165, 1.54) is 99.7 Å².